The monoisotopic (exact) mass is 466 g/mol. The van der Waals surface area contributed by atoms with Crippen LogP contribution in [0, 0.1) is 5.92 Å². The first kappa shape index (κ1) is 25.1. The molecule has 0 unspecified atom stereocenters. The van der Waals surface area contributed by atoms with E-state index in [0.29, 0.717) is 41.9 Å². The van der Waals surface area contributed by atoms with Crippen LogP contribution in [0.4, 0.5) is 0 Å². The Labute approximate surface area is 201 Å². The molecule has 34 heavy (non-hydrogen) atoms. The lowest BCUT2D eigenvalue weighted by Crippen LogP contribution is -2.08. The molecule has 1 aromatic heterocycles. The summed E-state index contributed by atoms with van der Waals surface area (Å²) in [5, 5.41) is 14.2. The summed E-state index contributed by atoms with van der Waals surface area (Å²) in [6.07, 6.45) is 1.89. The number of carbonyl (C=O) groups is 1. The van der Waals surface area contributed by atoms with E-state index in [1.807, 2.05) is 41.1 Å². The van der Waals surface area contributed by atoms with E-state index in [4.69, 9.17) is 19.3 Å². The number of hydrogen-bond acceptors (Lipinski definition) is 5. The van der Waals surface area contributed by atoms with E-state index in [1.54, 1.807) is 20.3 Å². The van der Waals surface area contributed by atoms with Crippen LogP contribution in [0.5, 0.6) is 17.2 Å². The van der Waals surface area contributed by atoms with Crippen LogP contribution in [-0.2, 0) is 17.8 Å². The lowest BCUT2D eigenvalue weighted by Gasteiger charge is -2.14. The number of ether oxygens (including phenoxy) is 3. The summed E-state index contributed by atoms with van der Waals surface area (Å²) in [4.78, 5) is 11.3. The van der Waals surface area contributed by atoms with Crippen molar-refractivity contribution in [3.05, 3.63) is 48.0 Å². The van der Waals surface area contributed by atoms with Crippen molar-refractivity contribution in [1.29, 1.82) is 0 Å². The van der Waals surface area contributed by atoms with Crippen molar-refractivity contribution < 1.29 is 24.1 Å². The van der Waals surface area contributed by atoms with Crippen molar-refractivity contribution in [2.75, 3.05) is 20.8 Å². The van der Waals surface area contributed by atoms with Gasteiger partial charge in [-0.25, -0.2) is 0 Å². The Kier molecular flexibility index (Phi) is 8.57. The summed E-state index contributed by atoms with van der Waals surface area (Å²) in [6.45, 7) is 7.69. The summed E-state index contributed by atoms with van der Waals surface area (Å²) >= 11 is 0. The summed E-state index contributed by atoms with van der Waals surface area (Å²) < 4.78 is 19.2. The molecule has 0 saturated heterocycles. The molecule has 0 spiro atoms. The van der Waals surface area contributed by atoms with Gasteiger partial charge in [0.2, 0.25) is 0 Å². The van der Waals surface area contributed by atoms with Crippen LogP contribution in [0.15, 0.2) is 42.5 Å². The molecular weight excluding hydrogens is 432 g/mol. The summed E-state index contributed by atoms with van der Waals surface area (Å²) in [6, 6.07) is 13.3. The first-order chi connectivity index (χ1) is 16.4. The zero-order chi connectivity index (χ0) is 24.7. The van der Waals surface area contributed by atoms with E-state index >= 15 is 0 Å². The van der Waals surface area contributed by atoms with Crippen LogP contribution in [0.25, 0.3) is 22.5 Å². The molecule has 0 atom stereocenters. The highest BCUT2D eigenvalue weighted by atomic mass is 16.5. The van der Waals surface area contributed by atoms with Gasteiger partial charge in [-0.15, -0.1) is 0 Å². The number of aliphatic carboxylic acids is 1. The molecule has 3 aromatic rings. The number of unbranched alkanes of at least 4 members (excludes halogenated alkanes) is 1. The van der Waals surface area contributed by atoms with E-state index < -0.39 is 5.97 Å². The number of nitrogens with zero attached hydrogens (tertiary/aromatic N) is 2. The SMILES string of the molecule is CCCCOc1ccc(CC(=O)O)cc1-c1cc(-c2cccc(OC)c2OC)n(CC(C)C)n1. The molecule has 7 heteroatoms. The highest BCUT2D eigenvalue weighted by Crippen LogP contribution is 2.40. The van der Waals surface area contributed by atoms with Crippen LogP contribution < -0.4 is 14.2 Å². The molecule has 182 valence electrons. The number of aromatic nitrogens is 2. The number of hydrogen-bond donors (Lipinski definition) is 1. The molecule has 0 amide bonds. The van der Waals surface area contributed by atoms with Crippen molar-refractivity contribution in [2.45, 2.75) is 46.6 Å². The number of carboxylic acids is 1. The third-order valence-corrected chi connectivity index (χ3v) is 5.43. The minimum absolute atomic E-state index is 0.0640. The van der Waals surface area contributed by atoms with Gasteiger partial charge in [0.15, 0.2) is 11.5 Å². The molecule has 0 aliphatic heterocycles. The fraction of sp³-hybridized carbons (Fsp3) is 0.407. The maximum atomic E-state index is 11.3. The van der Waals surface area contributed by atoms with E-state index in [0.717, 1.165) is 35.4 Å². The Hall–Kier alpha value is -3.48. The summed E-state index contributed by atoms with van der Waals surface area (Å²) in [5.41, 5.74) is 3.96. The molecule has 3 rings (SSSR count). The lowest BCUT2D eigenvalue weighted by molar-refractivity contribution is -0.136. The second-order valence-corrected chi connectivity index (χ2v) is 8.63. The molecule has 0 aliphatic carbocycles. The van der Waals surface area contributed by atoms with Gasteiger partial charge in [0, 0.05) is 17.7 Å². The molecule has 2 aromatic carbocycles. The third-order valence-electron chi connectivity index (χ3n) is 5.43. The zero-order valence-electron chi connectivity index (χ0n) is 20.6. The van der Waals surface area contributed by atoms with E-state index in [9.17, 15) is 9.90 Å². The Morgan fingerprint density at radius 3 is 2.50 bits per heavy atom. The van der Waals surface area contributed by atoms with Gasteiger partial charge in [-0.1, -0.05) is 39.3 Å². The van der Waals surface area contributed by atoms with Gasteiger partial charge in [0.1, 0.15) is 5.75 Å². The van der Waals surface area contributed by atoms with Crippen LogP contribution in [0.1, 0.15) is 39.2 Å². The average Bonchev–Trinajstić information content (AvgIpc) is 3.21. The smallest absolute Gasteiger partial charge is 0.307 e. The minimum Gasteiger partial charge on any atom is -0.493 e. The Morgan fingerprint density at radius 1 is 1.06 bits per heavy atom. The summed E-state index contributed by atoms with van der Waals surface area (Å²) in [7, 11) is 3.24. The largest absolute Gasteiger partial charge is 0.493 e. The minimum atomic E-state index is -0.877. The van der Waals surface area contributed by atoms with Gasteiger partial charge in [0.05, 0.1) is 38.6 Å². The Bertz CT molecular complexity index is 1120. The number of rotatable bonds is 12. The number of methoxy groups -OCH3 is 2. The molecule has 0 radical (unpaired) electrons. The normalized spacial score (nSPS) is 11.0. The highest BCUT2D eigenvalue weighted by molar-refractivity contribution is 5.78. The van der Waals surface area contributed by atoms with Crippen LogP contribution in [0.3, 0.4) is 0 Å². The average molecular weight is 467 g/mol. The van der Waals surface area contributed by atoms with Crippen LogP contribution in [0.2, 0.25) is 0 Å². The quantitative estimate of drug-likeness (QED) is 0.345. The topological polar surface area (TPSA) is 82.8 Å². The molecule has 1 heterocycles. The number of carboxylic acid groups (broad SMARTS) is 1. The van der Waals surface area contributed by atoms with Gasteiger partial charge in [-0.05, 0) is 48.2 Å². The van der Waals surface area contributed by atoms with Crippen LogP contribution >= 0.6 is 0 Å². The van der Waals surface area contributed by atoms with Crippen molar-refractivity contribution in [3.8, 4) is 39.8 Å². The Balaban J connectivity index is 2.17. The number of para-hydroxylation sites is 1. The molecule has 0 bridgehead atoms. The van der Waals surface area contributed by atoms with Crippen molar-refractivity contribution in [3.63, 3.8) is 0 Å². The second-order valence-electron chi connectivity index (χ2n) is 8.63. The number of benzene rings is 2. The first-order valence-corrected chi connectivity index (χ1v) is 11.6. The van der Waals surface area contributed by atoms with Gasteiger partial charge < -0.3 is 19.3 Å². The van der Waals surface area contributed by atoms with Crippen molar-refractivity contribution in [1.82, 2.24) is 9.78 Å². The second kappa shape index (κ2) is 11.6. The first-order valence-electron chi connectivity index (χ1n) is 11.6. The predicted molar refractivity (Wildman–Crippen MR) is 133 cm³/mol. The molecular formula is C27H34N2O5. The maximum absolute atomic E-state index is 11.3. The van der Waals surface area contributed by atoms with E-state index in [-0.39, 0.29) is 6.42 Å². The molecule has 0 fully saturated rings. The van der Waals surface area contributed by atoms with Gasteiger partial charge >= 0.3 is 5.97 Å². The van der Waals surface area contributed by atoms with Gasteiger partial charge in [0.25, 0.3) is 0 Å². The van der Waals surface area contributed by atoms with Crippen molar-refractivity contribution >= 4 is 5.97 Å². The highest BCUT2D eigenvalue weighted by Gasteiger charge is 2.20. The van der Waals surface area contributed by atoms with Gasteiger partial charge in [-0.3, -0.25) is 9.48 Å². The molecule has 0 aliphatic rings. The molecule has 7 nitrogen and oxygen atoms in total. The van der Waals surface area contributed by atoms with Crippen LogP contribution in [-0.4, -0.2) is 41.7 Å². The fourth-order valence-electron chi connectivity index (χ4n) is 3.85. The van der Waals surface area contributed by atoms with E-state index in [1.165, 1.54) is 0 Å². The van der Waals surface area contributed by atoms with Gasteiger partial charge in [-0.2, -0.15) is 5.10 Å². The van der Waals surface area contributed by atoms with Crippen molar-refractivity contribution in [2.24, 2.45) is 5.92 Å². The predicted octanol–water partition coefficient (Wildman–Crippen LogP) is 5.70. The molecule has 1 N–H and O–H groups in total. The van der Waals surface area contributed by atoms with E-state index in [2.05, 4.69) is 20.8 Å². The maximum Gasteiger partial charge on any atom is 0.307 e. The third kappa shape index (κ3) is 5.90. The summed E-state index contributed by atoms with van der Waals surface area (Å²) in [5.74, 6) is 1.46. The molecule has 0 saturated carbocycles. The zero-order valence-corrected chi connectivity index (χ0v) is 20.6. The Morgan fingerprint density at radius 2 is 1.85 bits per heavy atom. The standard InChI is InChI=1S/C27H34N2O5/c1-6-7-13-34-24-12-11-19(15-26(30)31)14-21(24)22-16-23(29(28-22)17-18(2)3)20-9-8-10-25(32-4)27(20)33-5/h8-12,14,16,18H,6-7,13,15,17H2,1-5H3,(H,30,31). The fourth-order valence-corrected chi connectivity index (χ4v) is 3.85. The lowest BCUT2D eigenvalue weighted by atomic mass is 10.0.